The van der Waals surface area contributed by atoms with Crippen LogP contribution in [0.3, 0.4) is 0 Å². The zero-order chi connectivity index (χ0) is 19.4. The number of carbonyl (C=O) groups excluding carboxylic acids is 3. The number of aryl methyl sites for hydroxylation is 1. The van der Waals surface area contributed by atoms with Crippen LogP contribution in [-0.4, -0.2) is 35.8 Å². The maximum Gasteiger partial charge on any atom is 0.227 e. The highest BCUT2D eigenvalue weighted by molar-refractivity contribution is 7.13. The minimum Gasteiger partial charge on any atom is -0.355 e. The first-order valence-corrected chi connectivity index (χ1v) is 9.36. The molecule has 1 saturated heterocycles. The molecule has 0 saturated carbocycles. The van der Waals surface area contributed by atoms with Gasteiger partial charge in [-0.15, -0.1) is 11.3 Å². The maximum atomic E-state index is 13.0. The number of benzene rings is 1. The first-order valence-electron chi connectivity index (χ1n) is 8.48. The molecule has 1 fully saturated rings. The minimum atomic E-state index is -0.493. The van der Waals surface area contributed by atoms with Crippen LogP contribution in [0.5, 0.6) is 0 Å². The van der Waals surface area contributed by atoms with E-state index in [2.05, 4.69) is 15.6 Å². The lowest BCUT2D eigenvalue weighted by molar-refractivity contribution is -0.126. The number of nitrogens with one attached hydrogen (secondary N) is 2. The Labute approximate surface area is 159 Å². The second-order valence-corrected chi connectivity index (χ2v) is 7.12. The summed E-state index contributed by atoms with van der Waals surface area (Å²) < 4.78 is 13.0. The first-order chi connectivity index (χ1) is 12.9. The minimum absolute atomic E-state index is 0.0911. The highest BCUT2D eigenvalue weighted by Crippen LogP contribution is 2.25. The van der Waals surface area contributed by atoms with Gasteiger partial charge in [0.25, 0.3) is 0 Å². The van der Waals surface area contributed by atoms with Crippen molar-refractivity contribution < 1.29 is 18.8 Å². The van der Waals surface area contributed by atoms with Crippen LogP contribution in [0.25, 0.3) is 0 Å². The number of halogens is 1. The van der Waals surface area contributed by atoms with Crippen LogP contribution in [0.2, 0.25) is 0 Å². The van der Waals surface area contributed by atoms with Crippen LogP contribution in [0.15, 0.2) is 29.6 Å². The van der Waals surface area contributed by atoms with E-state index in [1.807, 2.05) is 12.3 Å². The number of hydrogen-bond donors (Lipinski definition) is 2. The normalized spacial score (nSPS) is 16.4. The van der Waals surface area contributed by atoms with Gasteiger partial charge in [0.2, 0.25) is 17.7 Å². The van der Waals surface area contributed by atoms with Gasteiger partial charge in [-0.25, -0.2) is 9.37 Å². The van der Waals surface area contributed by atoms with Gasteiger partial charge in [0.15, 0.2) is 5.13 Å². The predicted molar refractivity (Wildman–Crippen MR) is 100.0 cm³/mol. The quantitative estimate of drug-likeness (QED) is 0.790. The van der Waals surface area contributed by atoms with E-state index in [0.717, 1.165) is 5.69 Å². The number of hydrogen-bond acceptors (Lipinski definition) is 5. The van der Waals surface area contributed by atoms with E-state index in [4.69, 9.17) is 0 Å². The Morgan fingerprint density at radius 2 is 2.07 bits per heavy atom. The Bertz CT molecular complexity index is 853. The number of amides is 3. The van der Waals surface area contributed by atoms with Crippen molar-refractivity contribution in [2.45, 2.75) is 19.8 Å². The topological polar surface area (TPSA) is 91.4 Å². The second kappa shape index (κ2) is 8.26. The van der Waals surface area contributed by atoms with Crippen LogP contribution in [0.1, 0.15) is 18.5 Å². The number of carbonyl (C=O) groups is 3. The molecule has 0 radical (unpaired) electrons. The summed E-state index contributed by atoms with van der Waals surface area (Å²) in [6.45, 7) is 2.25. The lowest BCUT2D eigenvalue weighted by Gasteiger charge is -2.16. The standard InChI is InChI=1S/C18H19FN4O3S/c1-11-10-27-18(21-11)22-15(24)6-7-20-17(26)12-8-16(25)23(9-12)14-4-2-13(19)3-5-14/h2-5,10,12H,6-9H2,1H3,(H,20,26)(H,21,22,24). The number of thiazole rings is 1. The SMILES string of the molecule is Cc1csc(NC(=O)CCNC(=O)C2CC(=O)N(c3ccc(F)cc3)C2)n1. The highest BCUT2D eigenvalue weighted by Gasteiger charge is 2.35. The fraction of sp³-hybridized carbons (Fsp3) is 0.333. The van der Waals surface area contributed by atoms with Crippen molar-refractivity contribution in [1.29, 1.82) is 0 Å². The second-order valence-electron chi connectivity index (χ2n) is 6.27. The van der Waals surface area contributed by atoms with Crippen molar-refractivity contribution >= 4 is 39.9 Å². The summed E-state index contributed by atoms with van der Waals surface area (Å²) in [4.78, 5) is 41.9. The van der Waals surface area contributed by atoms with E-state index in [-0.39, 0.29) is 49.5 Å². The molecule has 1 unspecified atom stereocenters. The van der Waals surface area contributed by atoms with Crippen LogP contribution in [-0.2, 0) is 14.4 Å². The van der Waals surface area contributed by atoms with Crippen molar-refractivity contribution in [3.8, 4) is 0 Å². The van der Waals surface area contributed by atoms with Crippen LogP contribution in [0, 0.1) is 18.7 Å². The highest BCUT2D eigenvalue weighted by atomic mass is 32.1. The smallest absolute Gasteiger partial charge is 0.227 e. The first kappa shape index (κ1) is 19.0. The average molecular weight is 390 g/mol. The summed E-state index contributed by atoms with van der Waals surface area (Å²) >= 11 is 1.34. The molecule has 9 heteroatoms. The van der Waals surface area contributed by atoms with Crippen LogP contribution >= 0.6 is 11.3 Å². The van der Waals surface area contributed by atoms with E-state index in [1.54, 1.807) is 0 Å². The van der Waals surface area contributed by atoms with Gasteiger partial charge < -0.3 is 15.5 Å². The van der Waals surface area contributed by atoms with Gasteiger partial charge >= 0.3 is 0 Å². The fourth-order valence-electron chi connectivity index (χ4n) is 2.79. The molecule has 7 nitrogen and oxygen atoms in total. The zero-order valence-corrected chi connectivity index (χ0v) is 15.5. The van der Waals surface area contributed by atoms with Gasteiger partial charge in [-0.3, -0.25) is 14.4 Å². The largest absolute Gasteiger partial charge is 0.355 e. The molecule has 1 aromatic heterocycles. The molecule has 2 N–H and O–H groups in total. The van der Waals surface area contributed by atoms with E-state index >= 15 is 0 Å². The van der Waals surface area contributed by atoms with Gasteiger partial charge in [0, 0.05) is 37.0 Å². The monoisotopic (exact) mass is 390 g/mol. The molecule has 1 aliphatic heterocycles. The molecular formula is C18H19FN4O3S. The van der Waals surface area contributed by atoms with Crippen LogP contribution < -0.4 is 15.5 Å². The van der Waals surface area contributed by atoms with Crippen LogP contribution in [0.4, 0.5) is 15.2 Å². The third-order valence-corrected chi connectivity index (χ3v) is 5.03. The van der Waals surface area contributed by atoms with Gasteiger partial charge in [0.05, 0.1) is 11.6 Å². The third-order valence-electron chi connectivity index (χ3n) is 4.15. The number of rotatable bonds is 6. The summed E-state index contributed by atoms with van der Waals surface area (Å²) in [5.41, 5.74) is 1.40. The van der Waals surface area contributed by atoms with Crippen molar-refractivity contribution in [3.05, 3.63) is 41.2 Å². The van der Waals surface area contributed by atoms with Gasteiger partial charge in [-0.2, -0.15) is 0 Å². The molecule has 1 atom stereocenters. The van der Waals surface area contributed by atoms with Gasteiger partial charge in [-0.05, 0) is 31.2 Å². The third kappa shape index (κ3) is 4.88. The summed E-state index contributed by atoms with van der Waals surface area (Å²) in [6, 6.07) is 5.58. The lowest BCUT2D eigenvalue weighted by atomic mass is 10.1. The lowest BCUT2D eigenvalue weighted by Crippen LogP contribution is -2.34. The molecule has 3 amide bonds. The molecule has 2 heterocycles. The summed E-state index contributed by atoms with van der Waals surface area (Å²) in [5.74, 6) is -1.57. The molecule has 0 aliphatic carbocycles. The van der Waals surface area contributed by atoms with E-state index in [0.29, 0.717) is 10.8 Å². The fourth-order valence-corrected chi connectivity index (χ4v) is 3.49. The molecular weight excluding hydrogens is 371 g/mol. The molecule has 3 rings (SSSR count). The van der Waals surface area contributed by atoms with E-state index in [9.17, 15) is 18.8 Å². The van der Waals surface area contributed by atoms with Crippen molar-refractivity contribution in [2.24, 2.45) is 5.92 Å². The van der Waals surface area contributed by atoms with Gasteiger partial charge in [0.1, 0.15) is 5.82 Å². The Morgan fingerprint density at radius 3 is 2.74 bits per heavy atom. The Balaban J connectivity index is 1.45. The Morgan fingerprint density at radius 1 is 1.33 bits per heavy atom. The number of nitrogens with zero attached hydrogens (tertiary/aromatic N) is 2. The maximum absolute atomic E-state index is 13.0. The average Bonchev–Trinajstić information content (AvgIpc) is 3.21. The Kier molecular flexibility index (Phi) is 5.80. The summed E-state index contributed by atoms with van der Waals surface area (Å²) in [7, 11) is 0. The van der Waals surface area contributed by atoms with E-state index < -0.39 is 5.92 Å². The molecule has 142 valence electrons. The number of aromatic nitrogens is 1. The number of anilines is 2. The summed E-state index contributed by atoms with van der Waals surface area (Å²) in [5, 5.41) is 7.73. The van der Waals surface area contributed by atoms with Crippen molar-refractivity contribution in [1.82, 2.24) is 10.3 Å². The molecule has 27 heavy (non-hydrogen) atoms. The van der Waals surface area contributed by atoms with E-state index in [1.165, 1.54) is 40.5 Å². The Hall–Kier alpha value is -2.81. The summed E-state index contributed by atoms with van der Waals surface area (Å²) in [6.07, 6.45) is 0.209. The zero-order valence-electron chi connectivity index (χ0n) is 14.7. The molecule has 0 bridgehead atoms. The predicted octanol–water partition coefficient (Wildman–Crippen LogP) is 2.09. The molecule has 1 aromatic carbocycles. The van der Waals surface area contributed by atoms with Crippen molar-refractivity contribution in [3.63, 3.8) is 0 Å². The molecule has 2 aromatic rings. The van der Waals surface area contributed by atoms with Crippen molar-refractivity contribution in [2.75, 3.05) is 23.3 Å². The molecule has 0 spiro atoms. The molecule has 1 aliphatic rings. The van der Waals surface area contributed by atoms with Gasteiger partial charge in [-0.1, -0.05) is 0 Å².